The van der Waals surface area contributed by atoms with Crippen LogP contribution in [0.4, 0.5) is 0 Å². The fourth-order valence-electron chi connectivity index (χ4n) is 1.62. The van der Waals surface area contributed by atoms with Gasteiger partial charge in [-0.2, -0.15) is 0 Å². The van der Waals surface area contributed by atoms with Crippen molar-refractivity contribution < 1.29 is 4.79 Å². The molecule has 0 fully saturated rings. The van der Waals surface area contributed by atoms with E-state index in [-0.39, 0.29) is 11.9 Å². The summed E-state index contributed by atoms with van der Waals surface area (Å²) in [4.78, 5) is 12.7. The van der Waals surface area contributed by atoms with Gasteiger partial charge in [-0.25, -0.2) is 0 Å². The molecule has 1 atom stereocenters. The Balaban J connectivity index is 2.13. The summed E-state index contributed by atoms with van der Waals surface area (Å²) in [5, 5.41) is 5.47. The van der Waals surface area contributed by atoms with Gasteiger partial charge in [0.1, 0.15) is 4.88 Å². The van der Waals surface area contributed by atoms with Crippen LogP contribution in [0.2, 0.25) is 5.02 Å². The highest BCUT2D eigenvalue weighted by atomic mass is 79.9. The molecule has 1 unspecified atom stereocenters. The molecule has 1 N–H and O–H groups in total. The molecule has 0 spiro atoms. The van der Waals surface area contributed by atoms with Gasteiger partial charge in [0, 0.05) is 9.50 Å². The SMILES string of the molecule is CC(NC(=O)c1sccc1Br)c1ccccc1Cl. The van der Waals surface area contributed by atoms with Crippen molar-refractivity contribution >= 4 is 44.8 Å². The summed E-state index contributed by atoms with van der Waals surface area (Å²) in [6.07, 6.45) is 0. The lowest BCUT2D eigenvalue weighted by Gasteiger charge is -2.15. The first kappa shape index (κ1) is 13.6. The molecule has 0 aliphatic heterocycles. The van der Waals surface area contributed by atoms with E-state index in [1.54, 1.807) is 0 Å². The molecular formula is C13H11BrClNOS. The minimum Gasteiger partial charge on any atom is -0.345 e. The number of hydrogen-bond donors (Lipinski definition) is 1. The van der Waals surface area contributed by atoms with E-state index in [2.05, 4.69) is 21.2 Å². The number of rotatable bonds is 3. The van der Waals surface area contributed by atoms with E-state index in [4.69, 9.17) is 11.6 Å². The summed E-state index contributed by atoms with van der Waals surface area (Å²) >= 11 is 10.9. The van der Waals surface area contributed by atoms with Crippen LogP contribution in [0.15, 0.2) is 40.2 Å². The van der Waals surface area contributed by atoms with Crippen LogP contribution in [-0.2, 0) is 0 Å². The highest BCUT2D eigenvalue weighted by Gasteiger charge is 2.16. The van der Waals surface area contributed by atoms with Crippen molar-refractivity contribution in [2.45, 2.75) is 13.0 Å². The second-order valence-electron chi connectivity index (χ2n) is 3.81. The maximum atomic E-state index is 12.0. The third-order valence-electron chi connectivity index (χ3n) is 2.54. The summed E-state index contributed by atoms with van der Waals surface area (Å²) < 4.78 is 0.816. The molecule has 0 bridgehead atoms. The minimum absolute atomic E-state index is 0.0932. The lowest BCUT2D eigenvalue weighted by atomic mass is 10.1. The zero-order chi connectivity index (χ0) is 13.1. The van der Waals surface area contributed by atoms with Crippen molar-refractivity contribution in [1.29, 1.82) is 0 Å². The molecule has 18 heavy (non-hydrogen) atoms. The molecule has 1 amide bonds. The quantitative estimate of drug-likeness (QED) is 0.862. The molecule has 2 rings (SSSR count). The van der Waals surface area contributed by atoms with E-state index in [0.29, 0.717) is 9.90 Å². The Morgan fingerprint density at radius 2 is 2.11 bits per heavy atom. The molecule has 2 nitrogen and oxygen atoms in total. The molecule has 94 valence electrons. The van der Waals surface area contributed by atoms with Crippen molar-refractivity contribution in [3.63, 3.8) is 0 Å². The van der Waals surface area contributed by atoms with E-state index < -0.39 is 0 Å². The van der Waals surface area contributed by atoms with Gasteiger partial charge in [-0.3, -0.25) is 4.79 Å². The predicted octanol–water partition coefficient (Wildman–Crippen LogP) is 4.66. The van der Waals surface area contributed by atoms with Gasteiger partial charge < -0.3 is 5.32 Å². The van der Waals surface area contributed by atoms with Crippen LogP contribution in [0.3, 0.4) is 0 Å². The molecule has 0 saturated carbocycles. The average molecular weight is 345 g/mol. The Labute approximate surface area is 123 Å². The van der Waals surface area contributed by atoms with Gasteiger partial charge in [-0.1, -0.05) is 29.8 Å². The van der Waals surface area contributed by atoms with Crippen LogP contribution in [-0.4, -0.2) is 5.91 Å². The van der Waals surface area contributed by atoms with Crippen molar-refractivity contribution in [2.75, 3.05) is 0 Å². The summed E-state index contributed by atoms with van der Waals surface area (Å²) in [6.45, 7) is 1.92. The Morgan fingerprint density at radius 1 is 1.39 bits per heavy atom. The standard InChI is InChI=1S/C13H11BrClNOS/c1-8(9-4-2-3-5-11(9)15)16-13(17)12-10(14)6-7-18-12/h2-8H,1H3,(H,16,17). The van der Waals surface area contributed by atoms with E-state index in [0.717, 1.165) is 10.0 Å². The highest BCUT2D eigenvalue weighted by molar-refractivity contribution is 9.10. The number of carbonyl (C=O) groups is 1. The molecule has 1 aromatic carbocycles. The number of carbonyl (C=O) groups excluding carboxylic acids is 1. The van der Waals surface area contributed by atoms with Gasteiger partial charge in [0.2, 0.25) is 0 Å². The van der Waals surface area contributed by atoms with Crippen molar-refractivity contribution in [3.8, 4) is 0 Å². The van der Waals surface area contributed by atoms with Crippen molar-refractivity contribution in [2.24, 2.45) is 0 Å². The van der Waals surface area contributed by atoms with Gasteiger partial charge in [0.25, 0.3) is 5.91 Å². The third-order valence-corrected chi connectivity index (χ3v) is 4.72. The van der Waals surface area contributed by atoms with Gasteiger partial charge in [0.15, 0.2) is 0 Å². The topological polar surface area (TPSA) is 29.1 Å². The third kappa shape index (κ3) is 2.94. The van der Waals surface area contributed by atoms with E-state index >= 15 is 0 Å². The summed E-state index contributed by atoms with van der Waals surface area (Å²) in [5.41, 5.74) is 0.917. The van der Waals surface area contributed by atoms with E-state index in [1.807, 2.05) is 42.6 Å². The first-order chi connectivity index (χ1) is 8.59. The molecule has 5 heteroatoms. The van der Waals surface area contributed by atoms with Crippen LogP contribution in [0.5, 0.6) is 0 Å². The van der Waals surface area contributed by atoms with Crippen LogP contribution in [0.25, 0.3) is 0 Å². The summed E-state index contributed by atoms with van der Waals surface area (Å²) in [7, 11) is 0. The first-order valence-corrected chi connectivity index (χ1v) is 7.43. The number of amides is 1. The number of benzene rings is 1. The fourth-order valence-corrected chi connectivity index (χ4v) is 3.38. The second-order valence-corrected chi connectivity index (χ2v) is 5.99. The molecular weight excluding hydrogens is 334 g/mol. The monoisotopic (exact) mass is 343 g/mol. The molecule has 2 aromatic rings. The normalized spacial score (nSPS) is 12.2. The molecule has 0 saturated heterocycles. The van der Waals surface area contributed by atoms with Crippen molar-refractivity contribution in [3.05, 3.63) is 55.6 Å². The van der Waals surface area contributed by atoms with E-state index in [9.17, 15) is 4.79 Å². The van der Waals surface area contributed by atoms with Crippen LogP contribution < -0.4 is 5.32 Å². The summed E-state index contributed by atoms with van der Waals surface area (Å²) in [5.74, 6) is -0.0932. The molecule has 0 radical (unpaired) electrons. The second kappa shape index (κ2) is 5.87. The molecule has 1 aromatic heterocycles. The highest BCUT2D eigenvalue weighted by Crippen LogP contribution is 2.25. The van der Waals surface area contributed by atoms with Gasteiger partial charge in [-0.05, 0) is 45.9 Å². The number of hydrogen-bond acceptors (Lipinski definition) is 2. The van der Waals surface area contributed by atoms with Gasteiger partial charge in [0.05, 0.1) is 6.04 Å². The Hall–Kier alpha value is -0.840. The zero-order valence-corrected chi connectivity index (χ0v) is 12.8. The number of nitrogens with one attached hydrogen (secondary N) is 1. The smallest absolute Gasteiger partial charge is 0.262 e. The molecule has 0 aliphatic carbocycles. The number of halogens is 2. The van der Waals surface area contributed by atoms with Gasteiger partial charge >= 0.3 is 0 Å². The first-order valence-electron chi connectivity index (χ1n) is 5.38. The minimum atomic E-state index is -0.125. The lowest BCUT2D eigenvalue weighted by molar-refractivity contribution is 0.0943. The number of thiophene rings is 1. The van der Waals surface area contributed by atoms with Crippen LogP contribution >= 0.6 is 38.9 Å². The Bertz CT molecular complexity index is 570. The summed E-state index contributed by atoms with van der Waals surface area (Å²) in [6, 6.07) is 9.25. The Kier molecular flexibility index (Phi) is 4.43. The maximum Gasteiger partial charge on any atom is 0.262 e. The van der Waals surface area contributed by atoms with E-state index in [1.165, 1.54) is 11.3 Å². The average Bonchev–Trinajstić information content (AvgIpc) is 2.76. The zero-order valence-electron chi connectivity index (χ0n) is 9.61. The van der Waals surface area contributed by atoms with Crippen LogP contribution in [0, 0.1) is 0 Å². The maximum absolute atomic E-state index is 12.0. The van der Waals surface area contributed by atoms with Crippen molar-refractivity contribution in [1.82, 2.24) is 5.32 Å². The van der Waals surface area contributed by atoms with Crippen LogP contribution in [0.1, 0.15) is 28.2 Å². The predicted molar refractivity (Wildman–Crippen MR) is 79.4 cm³/mol. The largest absolute Gasteiger partial charge is 0.345 e. The molecule has 1 heterocycles. The van der Waals surface area contributed by atoms with Gasteiger partial charge in [-0.15, -0.1) is 11.3 Å². The fraction of sp³-hybridized carbons (Fsp3) is 0.154. The lowest BCUT2D eigenvalue weighted by Crippen LogP contribution is -2.26. The molecule has 0 aliphatic rings. The Morgan fingerprint density at radius 3 is 2.72 bits per heavy atom.